The molecule has 1 aliphatic rings. The Morgan fingerprint density at radius 1 is 1.35 bits per heavy atom. The summed E-state index contributed by atoms with van der Waals surface area (Å²) < 4.78 is 0.967. The van der Waals surface area contributed by atoms with Crippen LogP contribution < -0.4 is 10.6 Å². The van der Waals surface area contributed by atoms with Crippen molar-refractivity contribution in [2.45, 2.75) is 11.4 Å². The van der Waals surface area contributed by atoms with Gasteiger partial charge in [-0.05, 0) is 46.3 Å². The first-order valence-electron chi connectivity index (χ1n) is 6.12. The largest absolute Gasteiger partial charge is 0.379 e. The number of carbonyl (C=O) groups excluding carboxylic acids is 1. The summed E-state index contributed by atoms with van der Waals surface area (Å²) in [6.07, 6.45) is 1.78. The van der Waals surface area contributed by atoms with Crippen molar-refractivity contribution < 1.29 is 4.79 Å². The van der Waals surface area contributed by atoms with Gasteiger partial charge in [-0.25, -0.2) is 0 Å². The number of halogens is 1. The molecule has 0 aliphatic carbocycles. The van der Waals surface area contributed by atoms with Crippen LogP contribution in [-0.4, -0.2) is 16.6 Å². The molecular weight excluding hydrogens is 338 g/mol. The number of anilines is 2. The number of pyridine rings is 1. The van der Waals surface area contributed by atoms with E-state index in [2.05, 4.69) is 31.5 Å². The highest BCUT2D eigenvalue weighted by Gasteiger charge is 2.15. The summed E-state index contributed by atoms with van der Waals surface area (Å²) in [5.74, 6) is 0.539. The Bertz CT molecular complexity index is 645. The van der Waals surface area contributed by atoms with E-state index in [1.54, 1.807) is 18.0 Å². The lowest BCUT2D eigenvalue weighted by atomic mass is 10.2. The van der Waals surface area contributed by atoms with Gasteiger partial charge in [-0.1, -0.05) is 0 Å². The molecule has 0 bridgehead atoms. The van der Waals surface area contributed by atoms with E-state index in [0.29, 0.717) is 12.3 Å². The van der Waals surface area contributed by atoms with Crippen LogP contribution in [0.2, 0.25) is 0 Å². The van der Waals surface area contributed by atoms with Crippen molar-refractivity contribution in [1.82, 2.24) is 4.98 Å². The van der Waals surface area contributed by atoms with Gasteiger partial charge in [0, 0.05) is 21.3 Å². The second-order valence-corrected chi connectivity index (χ2v) is 6.30. The molecule has 20 heavy (non-hydrogen) atoms. The fraction of sp³-hybridized carbons (Fsp3) is 0.143. The van der Waals surface area contributed by atoms with Gasteiger partial charge < -0.3 is 10.6 Å². The van der Waals surface area contributed by atoms with Crippen LogP contribution in [0.15, 0.2) is 45.9 Å². The number of carbonyl (C=O) groups is 1. The van der Waals surface area contributed by atoms with E-state index in [1.165, 1.54) is 0 Å². The number of hydrogen-bond acceptors (Lipinski definition) is 4. The van der Waals surface area contributed by atoms with Crippen molar-refractivity contribution >= 4 is 45.0 Å². The lowest BCUT2D eigenvalue weighted by Gasteiger charge is -2.17. The van der Waals surface area contributed by atoms with E-state index in [1.807, 2.05) is 30.3 Å². The maximum Gasteiger partial charge on any atom is 0.234 e. The Labute approximate surface area is 129 Å². The molecule has 2 aromatic rings. The van der Waals surface area contributed by atoms with Gasteiger partial charge in [0.25, 0.3) is 0 Å². The second kappa shape index (κ2) is 5.85. The molecule has 0 fully saturated rings. The molecule has 0 atom stereocenters. The highest BCUT2D eigenvalue weighted by Crippen LogP contribution is 2.33. The molecule has 3 rings (SSSR count). The van der Waals surface area contributed by atoms with Crippen LogP contribution in [-0.2, 0) is 11.3 Å². The third kappa shape index (κ3) is 3.13. The Hall–Kier alpha value is -1.53. The number of nitrogens with one attached hydrogen (secondary N) is 2. The molecule has 6 heteroatoms. The number of amides is 1. The zero-order chi connectivity index (χ0) is 13.9. The third-order valence-corrected chi connectivity index (χ3v) is 4.42. The van der Waals surface area contributed by atoms with Crippen LogP contribution >= 0.6 is 27.7 Å². The van der Waals surface area contributed by atoms with E-state index >= 15 is 0 Å². The van der Waals surface area contributed by atoms with E-state index in [0.717, 1.165) is 26.4 Å². The Kier molecular flexibility index (Phi) is 3.93. The summed E-state index contributed by atoms with van der Waals surface area (Å²) in [4.78, 5) is 16.8. The van der Waals surface area contributed by atoms with Gasteiger partial charge in [-0.3, -0.25) is 9.78 Å². The summed E-state index contributed by atoms with van der Waals surface area (Å²) >= 11 is 4.93. The normalized spacial score (nSPS) is 13.6. The molecule has 4 nitrogen and oxygen atoms in total. The molecule has 102 valence electrons. The maximum atomic E-state index is 11.4. The first-order chi connectivity index (χ1) is 9.70. The molecule has 0 saturated heterocycles. The quantitative estimate of drug-likeness (QED) is 0.890. The van der Waals surface area contributed by atoms with Crippen LogP contribution in [0.4, 0.5) is 11.4 Å². The van der Waals surface area contributed by atoms with E-state index in [4.69, 9.17) is 0 Å². The van der Waals surface area contributed by atoms with Crippen molar-refractivity contribution in [3.8, 4) is 0 Å². The van der Waals surface area contributed by atoms with Crippen molar-refractivity contribution in [3.63, 3.8) is 0 Å². The molecule has 2 N–H and O–H groups in total. The number of thioether (sulfide) groups is 1. The Morgan fingerprint density at radius 3 is 3.05 bits per heavy atom. The highest BCUT2D eigenvalue weighted by molar-refractivity contribution is 9.10. The fourth-order valence-electron chi connectivity index (χ4n) is 1.90. The van der Waals surface area contributed by atoms with E-state index < -0.39 is 0 Å². The number of fused-ring (bicyclic) bond motifs is 1. The van der Waals surface area contributed by atoms with E-state index in [9.17, 15) is 4.79 Å². The molecule has 0 radical (unpaired) electrons. The molecule has 1 aliphatic heterocycles. The van der Waals surface area contributed by atoms with Crippen molar-refractivity contribution in [1.29, 1.82) is 0 Å². The molecule has 0 saturated carbocycles. The third-order valence-electron chi connectivity index (χ3n) is 2.87. The second-order valence-electron chi connectivity index (χ2n) is 4.37. The SMILES string of the molecule is O=C1CSc2ccc(NCc3ccc(Br)cn3)cc2N1. The molecule has 1 aromatic heterocycles. The van der Waals surface area contributed by atoms with Crippen LogP contribution in [0.3, 0.4) is 0 Å². The number of hydrogen-bond donors (Lipinski definition) is 2. The van der Waals surface area contributed by atoms with Gasteiger partial charge in [0.1, 0.15) is 0 Å². The summed E-state index contributed by atoms with van der Waals surface area (Å²) in [5, 5.41) is 6.19. The molecule has 0 unspecified atom stereocenters. The predicted molar refractivity (Wildman–Crippen MR) is 85.1 cm³/mol. The van der Waals surface area contributed by atoms with Crippen LogP contribution in [0.25, 0.3) is 0 Å². The standard InChI is InChI=1S/C14H12BrN3OS/c15-9-1-2-11(16-6-9)7-17-10-3-4-13-12(5-10)18-14(19)8-20-13/h1-6,17H,7-8H2,(H,18,19). The van der Waals surface area contributed by atoms with Crippen molar-refractivity contribution in [2.75, 3.05) is 16.4 Å². The molecule has 0 spiro atoms. The van der Waals surface area contributed by atoms with Gasteiger partial charge in [-0.15, -0.1) is 11.8 Å². The average Bonchev–Trinajstić information content (AvgIpc) is 2.46. The number of nitrogens with zero attached hydrogens (tertiary/aromatic N) is 1. The maximum absolute atomic E-state index is 11.4. The van der Waals surface area contributed by atoms with E-state index in [-0.39, 0.29) is 5.91 Å². The highest BCUT2D eigenvalue weighted by atomic mass is 79.9. The van der Waals surface area contributed by atoms with Crippen molar-refractivity contribution in [2.24, 2.45) is 0 Å². The minimum absolute atomic E-state index is 0.0502. The molecule has 1 amide bonds. The Morgan fingerprint density at radius 2 is 2.25 bits per heavy atom. The number of rotatable bonds is 3. The van der Waals surface area contributed by atoms with Crippen LogP contribution in [0.1, 0.15) is 5.69 Å². The number of benzene rings is 1. The van der Waals surface area contributed by atoms with Gasteiger partial charge in [0.15, 0.2) is 0 Å². The van der Waals surface area contributed by atoms with Crippen LogP contribution in [0.5, 0.6) is 0 Å². The lowest BCUT2D eigenvalue weighted by Crippen LogP contribution is -2.18. The fourth-order valence-corrected chi connectivity index (χ4v) is 2.92. The smallest absolute Gasteiger partial charge is 0.234 e. The van der Waals surface area contributed by atoms with Gasteiger partial charge in [0.2, 0.25) is 5.91 Å². The minimum atomic E-state index is 0.0502. The zero-order valence-corrected chi connectivity index (χ0v) is 12.9. The summed E-state index contributed by atoms with van der Waals surface area (Å²) in [6.45, 7) is 0.646. The van der Waals surface area contributed by atoms with Crippen LogP contribution in [0, 0.1) is 0 Å². The first-order valence-corrected chi connectivity index (χ1v) is 7.89. The van der Waals surface area contributed by atoms with Gasteiger partial charge in [-0.2, -0.15) is 0 Å². The Balaban J connectivity index is 1.70. The monoisotopic (exact) mass is 349 g/mol. The minimum Gasteiger partial charge on any atom is -0.379 e. The summed E-state index contributed by atoms with van der Waals surface area (Å²) in [7, 11) is 0. The molecular formula is C14H12BrN3OS. The topological polar surface area (TPSA) is 54.0 Å². The van der Waals surface area contributed by atoms with Gasteiger partial charge in [0.05, 0.1) is 23.7 Å². The summed E-state index contributed by atoms with van der Waals surface area (Å²) in [5.41, 5.74) is 2.81. The summed E-state index contributed by atoms with van der Waals surface area (Å²) in [6, 6.07) is 9.93. The number of aromatic nitrogens is 1. The van der Waals surface area contributed by atoms with Gasteiger partial charge >= 0.3 is 0 Å². The molecule has 2 heterocycles. The molecule has 1 aromatic carbocycles. The lowest BCUT2D eigenvalue weighted by molar-refractivity contribution is -0.113. The predicted octanol–water partition coefficient (Wildman–Crippen LogP) is 3.50. The first kappa shape index (κ1) is 13.5. The van der Waals surface area contributed by atoms with Crippen molar-refractivity contribution in [3.05, 3.63) is 46.7 Å². The average molecular weight is 350 g/mol. The zero-order valence-electron chi connectivity index (χ0n) is 10.5.